The molecule has 0 unspecified atom stereocenters. The zero-order valence-corrected chi connectivity index (χ0v) is 15.8. The highest BCUT2D eigenvalue weighted by molar-refractivity contribution is 5.95. The summed E-state index contributed by atoms with van der Waals surface area (Å²) in [5.74, 6) is 0.0303. The quantitative estimate of drug-likeness (QED) is 0.901. The molecule has 1 aliphatic heterocycles. The third kappa shape index (κ3) is 3.61. The van der Waals surface area contributed by atoms with Crippen LogP contribution in [0.2, 0.25) is 0 Å². The van der Waals surface area contributed by atoms with Crippen molar-refractivity contribution in [3.63, 3.8) is 0 Å². The highest BCUT2D eigenvalue weighted by Gasteiger charge is 2.32. The van der Waals surface area contributed by atoms with E-state index in [0.29, 0.717) is 6.04 Å². The van der Waals surface area contributed by atoms with E-state index in [9.17, 15) is 4.79 Å². The van der Waals surface area contributed by atoms with E-state index in [4.69, 9.17) is 0 Å². The van der Waals surface area contributed by atoms with E-state index in [1.807, 2.05) is 45.6 Å². The topological polar surface area (TPSA) is 68.0 Å². The van der Waals surface area contributed by atoms with Crippen LogP contribution in [0.5, 0.6) is 0 Å². The van der Waals surface area contributed by atoms with Crippen molar-refractivity contribution in [2.24, 2.45) is 7.05 Å². The molecule has 0 saturated carbocycles. The van der Waals surface area contributed by atoms with Gasteiger partial charge in [-0.1, -0.05) is 0 Å². The Morgan fingerprint density at radius 1 is 1.40 bits per heavy atom. The van der Waals surface area contributed by atoms with Crippen molar-refractivity contribution in [1.29, 1.82) is 0 Å². The van der Waals surface area contributed by atoms with Gasteiger partial charge in [0.05, 0.1) is 35.9 Å². The molecule has 1 saturated heterocycles. The molecule has 1 N–H and O–H groups in total. The van der Waals surface area contributed by atoms with Crippen LogP contribution in [0.4, 0.5) is 5.69 Å². The molecule has 1 amide bonds. The third-order valence-corrected chi connectivity index (χ3v) is 5.22. The van der Waals surface area contributed by atoms with E-state index in [-0.39, 0.29) is 11.9 Å². The number of anilines is 1. The van der Waals surface area contributed by atoms with Crippen LogP contribution in [0.3, 0.4) is 0 Å². The molecule has 1 aliphatic rings. The molecule has 7 nitrogen and oxygen atoms in total. The predicted octanol–water partition coefficient (Wildman–Crippen LogP) is 2.03. The zero-order chi connectivity index (χ0) is 18.1. The Hall–Kier alpha value is -2.15. The van der Waals surface area contributed by atoms with Crippen LogP contribution in [0.15, 0.2) is 12.4 Å². The first kappa shape index (κ1) is 17.7. The van der Waals surface area contributed by atoms with E-state index >= 15 is 0 Å². The van der Waals surface area contributed by atoms with Crippen LogP contribution in [-0.4, -0.2) is 49.0 Å². The maximum absolute atomic E-state index is 12.8. The third-order valence-electron chi connectivity index (χ3n) is 5.22. The first-order valence-electron chi connectivity index (χ1n) is 8.92. The Balaban J connectivity index is 1.68. The van der Waals surface area contributed by atoms with E-state index in [2.05, 4.69) is 26.6 Å². The van der Waals surface area contributed by atoms with Gasteiger partial charge in [0.2, 0.25) is 5.91 Å². The molecule has 7 heteroatoms. The second kappa shape index (κ2) is 7.00. The Bertz CT molecular complexity index is 762. The molecule has 0 aromatic carbocycles. The predicted molar refractivity (Wildman–Crippen MR) is 97.5 cm³/mol. The lowest BCUT2D eigenvalue weighted by Gasteiger charge is -2.29. The average molecular weight is 344 g/mol. The van der Waals surface area contributed by atoms with Crippen molar-refractivity contribution in [1.82, 2.24) is 24.5 Å². The van der Waals surface area contributed by atoms with Crippen LogP contribution in [-0.2, 0) is 18.4 Å². The molecular formula is C18H28N6O. The first-order chi connectivity index (χ1) is 11.9. The largest absolute Gasteiger partial charge is 0.322 e. The summed E-state index contributed by atoms with van der Waals surface area (Å²) >= 11 is 0. The zero-order valence-electron chi connectivity index (χ0n) is 15.8. The highest BCUT2D eigenvalue weighted by Crippen LogP contribution is 2.24. The van der Waals surface area contributed by atoms with Gasteiger partial charge >= 0.3 is 0 Å². The molecule has 2 atom stereocenters. The second-order valence-corrected chi connectivity index (χ2v) is 7.11. The molecular weight excluding hydrogens is 316 g/mol. The maximum atomic E-state index is 12.8. The van der Waals surface area contributed by atoms with Gasteiger partial charge in [0.15, 0.2) is 0 Å². The van der Waals surface area contributed by atoms with E-state index in [1.54, 1.807) is 4.68 Å². The first-order valence-corrected chi connectivity index (χ1v) is 8.92. The Morgan fingerprint density at radius 2 is 2.16 bits per heavy atom. The van der Waals surface area contributed by atoms with Gasteiger partial charge in [-0.15, -0.1) is 0 Å². The lowest BCUT2D eigenvalue weighted by atomic mass is 10.1. The number of likely N-dealkylation sites (tertiary alicyclic amines) is 1. The van der Waals surface area contributed by atoms with Crippen molar-refractivity contribution in [2.45, 2.75) is 59.2 Å². The van der Waals surface area contributed by atoms with Crippen molar-refractivity contribution >= 4 is 11.6 Å². The number of nitrogens with one attached hydrogen (secondary N) is 1. The number of aromatic nitrogens is 4. The normalized spacial score (nSPS) is 19.3. The molecule has 136 valence electrons. The van der Waals surface area contributed by atoms with Gasteiger partial charge in [0.25, 0.3) is 0 Å². The SMILES string of the molecule is Cc1cnn(C[C@H]2CCCN2[C@@H](C)C(=O)Nc2c(C)nn(C)c2C)c1. The van der Waals surface area contributed by atoms with Crippen molar-refractivity contribution in [2.75, 3.05) is 11.9 Å². The van der Waals surface area contributed by atoms with E-state index in [1.165, 1.54) is 0 Å². The molecule has 3 rings (SSSR count). The summed E-state index contributed by atoms with van der Waals surface area (Å²) in [6, 6.07) is 0.166. The summed E-state index contributed by atoms with van der Waals surface area (Å²) in [6.45, 7) is 9.71. The average Bonchev–Trinajstić information content (AvgIpc) is 3.24. The van der Waals surface area contributed by atoms with E-state index in [0.717, 1.165) is 48.6 Å². The fourth-order valence-electron chi connectivity index (χ4n) is 3.68. The lowest BCUT2D eigenvalue weighted by molar-refractivity contribution is -0.121. The number of rotatable bonds is 5. The summed E-state index contributed by atoms with van der Waals surface area (Å²) < 4.78 is 3.78. The molecule has 2 aromatic heterocycles. The van der Waals surface area contributed by atoms with Crippen molar-refractivity contribution < 1.29 is 4.79 Å². The van der Waals surface area contributed by atoms with Gasteiger partial charge in [0, 0.05) is 19.3 Å². The molecule has 0 spiro atoms. The Morgan fingerprint density at radius 3 is 2.76 bits per heavy atom. The number of nitrogens with zero attached hydrogens (tertiary/aromatic N) is 5. The van der Waals surface area contributed by atoms with Gasteiger partial charge in [-0.25, -0.2) is 0 Å². The molecule has 0 bridgehead atoms. The molecule has 2 aromatic rings. The van der Waals surface area contributed by atoms with Gasteiger partial charge in [0.1, 0.15) is 0 Å². The van der Waals surface area contributed by atoms with Gasteiger partial charge in [-0.2, -0.15) is 10.2 Å². The minimum atomic E-state index is -0.178. The van der Waals surface area contributed by atoms with Gasteiger partial charge in [-0.05, 0) is 52.6 Å². The molecule has 25 heavy (non-hydrogen) atoms. The fraction of sp³-hybridized carbons (Fsp3) is 0.611. The number of hydrogen-bond donors (Lipinski definition) is 1. The van der Waals surface area contributed by atoms with Crippen LogP contribution >= 0.6 is 0 Å². The van der Waals surface area contributed by atoms with Gasteiger partial charge < -0.3 is 5.32 Å². The molecule has 1 fully saturated rings. The molecule has 0 aliphatic carbocycles. The summed E-state index contributed by atoms with van der Waals surface area (Å²) in [5, 5.41) is 11.8. The maximum Gasteiger partial charge on any atom is 0.241 e. The second-order valence-electron chi connectivity index (χ2n) is 7.11. The summed E-state index contributed by atoms with van der Waals surface area (Å²) in [4.78, 5) is 15.1. The van der Waals surface area contributed by atoms with Crippen molar-refractivity contribution in [3.8, 4) is 0 Å². The summed E-state index contributed by atoms with van der Waals surface area (Å²) in [5.41, 5.74) is 3.82. The highest BCUT2D eigenvalue weighted by atomic mass is 16.2. The number of aryl methyl sites for hydroxylation is 3. The monoisotopic (exact) mass is 344 g/mol. The lowest BCUT2D eigenvalue weighted by Crippen LogP contribution is -2.46. The standard InChI is InChI=1S/C18H28N6O/c1-12-9-19-23(10-12)11-16-7-6-8-24(16)15(4)18(25)20-17-13(2)21-22(5)14(17)3/h9-10,15-16H,6-8,11H2,1-5H3,(H,20,25)/t15-,16+/m0/s1. The smallest absolute Gasteiger partial charge is 0.241 e. The Labute approximate surface area is 149 Å². The number of carbonyl (C=O) groups excluding carboxylic acids is 1. The Kier molecular flexibility index (Phi) is 4.94. The summed E-state index contributed by atoms with van der Waals surface area (Å²) in [7, 11) is 1.89. The van der Waals surface area contributed by atoms with Gasteiger partial charge in [-0.3, -0.25) is 19.1 Å². The number of amides is 1. The van der Waals surface area contributed by atoms with E-state index < -0.39 is 0 Å². The minimum absolute atomic E-state index is 0.0303. The fourth-order valence-corrected chi connectivity index (χ4v) is 3.68. The summed E-state index contributed by atoms with van der Waals surface area (Å²) in [6.07, 6.45) is 6.15. The minimum Gasteiger partial charge on any atom is -0.322 e. The van der Waals surface area contributed by atoms with Crippen LogP contribution in [0, 0.1) is 20.8 Å². The van der Waals surface area contributed by atoms with Crippen LogP contribution in [0.25, 0.3) is 0 Å². The molecule has 3 heterocycles. The molecule has 0 radical (unpaired) electrons. The van der Waals surface area contributed by atoms with Crippen LogP contribution in [0.1, 0.15) is 36.7 Å². The van der Waals surface area contributed by atoms with Crippen molar-refractivity contribution in [3.05, 3.63) is 29.3 Å². The van der Waals surface area contributed by atoms with Crippen LogP contribution < -0.4 is 5.32 Å². The number of hydrogen-bond acceptors (Lipinski definition) is 4. The number of carbonyl (C=O) groups is 1.